The second-order valence-corrected chi connectivity index (χ2v) is 5.75. The second kappa shape index (κ2) is 5.63. The molecule has 0 atom stereocenters. The van der Waals surface area contributed by atoms with Crippen molar-refractivity contribution < 1.29 is 4.79 Å². The van der Waals surface area contributed by atoms with Gasteiger partial charge in [0.25, 0.3) is 0 Å². The summed E-state index contributed by atoms with van der Waals surface area (Å²) in [5, 5.41) is 0. The predicted octanol–water partition coefficient (Wildman–Crippen LogP) is 4.77. The molecule has 0 spiro atoms. The van der Waals surface area contributed by atoms with Gasteiger partial charge in [0.15, 0.2) is 6.29 Å². The monoisotopic (exact) mass is 373 g/mol. The predicted molar refractivity (Wildman–Crippen MR) is 89.8 cm³/mol. The largest absolute Gasteiger partial charge is 0.352 e. The Morgan fingerprint density at radius 2 is 1.60 bits per heavy atom. The maximum atomic E-state index is 11.3. The molecule has 2 aromatic carbocycles. The van der Waals surface area contributed by atoms with Crippen LogP contribution in [0.4, 0.5) is 0 Å². The highest BCUT2D eigenvalue weighted by Gasteiger charge is 2.10. The molecular weight excluding hydrogens is 361 g/mol. The van der Waals surface area contributed by atoms with Crippen LogP contribution in [0.25, 0.3) is 22.4 Å². The molecule has 1 N–H and O–H groups in total. The number of aromatic amines is 1. The number of rotatable bonds is 3. The molecule has 0 aliphatic heterocycles. The Kier molecular flexibility index (Phi) is 3.69. The van der Waals surface area contributed by atoms with Crippen LogP contribution in [0.15, 0.2) is 60.7 Å². The van der Waals surface area contributed by atoms with Crippen LogP contribution in [-0.4, -0.2) is 11.3 Å². The van der Waals surface area contributed by atoms with Crippen molar-refractivity contribution >= 4 is 28.9 Å². The summed E-state index contributed by atoms with van der Waals surface area (Å²) in [5.74, 6) is 0. The average molecular weight is 373 g/mol. The third-order valence-corrected chi connectivity index (χ3v) is 3.93. The quantitative estimate of drug-likeness (QED) is 0.521. The lowest BCUT2D eigenvalue weighted by molar-refractivity contribution is 0.112. The van der Waals surface area contributed by atoms with Gasteiger partial charge in [-0.15, -0.1) is 0 Å². The molecule has 0 radical (unpaired) electrons. The minimum absolute atomic E-state index is 0.616. The van der Waals surface area contributed by atoms with Gasteiger partial charge in [-0.3, -0.25) is 4.79 Å². The first-order chi connectivity index (χ1) is 9.78. The number of carbonyl (C=O) groups is 1. The van der Waals surface area contributed by atoms with E-state index in [1.165, 1.54) is 3.57 Å². The van der Waals surface area contributed by atoms with Crippen LogP contribution < -0.4 is 0 Å². The highest BCUT2D eigenvalue weighted by Crippen LogP contribution is 2.29. The van der Waals surface area contributed by atoms with Crippen LogP contribution in [0.5, 0.6) is 0 Å². The van der Waals surface area contributed by atoms with Crippen LogP contribution >= 0.6 is 22.6 Å². The Labute approximate surface area is 131 Å². The molecule has 1 heterocycles. The van der Waals surface area contributed by atoms with E-state index in [1.54, 1.807) is 0 Å². The minimum atomic E-state index is 0.616. The van der Waals surface area contributed by atoms with E-state index in [2.05, 4.69) is 51.8 Å². The zero-order chi connectivity index (χ0) is 13.9. The first-order valence-corrected chi connectivity index (χ1v) is 7.35. The topological polar surface area (TPSA) is 32.9 Å². The van der Waals surface area contributed by atoms with Crippen LogP contribution in [0.1, 0.15) is 10.5 Å². The van der Waals surface area contributed by atoms with Crippen molar-refractivity contribution in [2.45, 2.75) is 0 Å². The number of hydrogen-bond acceptors (Lipinski definition) is 1. The third kappa shape index (κ3) is 2.54. The molecule has 98 valence electrons. The van der Waals surface area contributed by atoms with E-state index in [0.717, 1.165) is 28.7 Å². The van der Waals surface area contributed by atoms with Gasteiger partial charge in [0, 0.05) is 14.8 Å². The van der Waals surface area contributed by atoms with Gasteiger partial charge in [0.1, 0.15) is 0 Å². The molecule has 20 heavy (non-hydrogen) atoms. The Morgan fingerprint density at radius 1 is 0.900 bits per heavy atom. The number of halogens is 1. The summed E-state index contributed by atoms with van der Waals surface area (Å²) in [7, 11) is 0. The standard InChI is InChI=1S/C17H12INO/c18-14-8-6-13(7-9-14)16-10-15(17(11-20)19-16)12-4-2-1-3-5-12/h1-11,19H. The Hall–Kier alpha value is -1.88. The van der Waals surface area contributed by atoms with Gasteiger partial charge in [0.05, 0.1) is 5.69 Å². The van der Waals surface area contributed by atoms with Crippen LogP contribution in [0.2, 0.25) is 0 Å². The molecule has 0 unspecified atom stereocenters. The Morgan fingerprint density at radius 3 is 2.25 bits per heavy atom. The molecule has 0 bridgehead atoms. The van der Waals surface area contributed by atoms with Crippen molar-refractivity contribution in [1.82, 2.24) is 4.98 Å². The smallest absolute Gasteiger partial charge is 0.166 e. The van der Waals surface area contributed by atoms with Gasteiger partial charge >= 0.3 is 0 Å². The number of H-pyrrole nitrogens is 1. The molecule has 0 aliphatic rings. The van der Waals surface area contributed by atoms with E-state index in [4.69, 9.17) is 0 Å². The molecule has 0 amide bonds. The summed E-state index contributed by atoms with van der Waals surface area (Å²) in [5.41, 5.74) is 4.64. The number of nitrogens with one attached hydrogen (secondary N) is 1. The van der Waals surface area contributed by atoms with Crippen LogP contribution in [0, 0.1) is 3.57 Å². The highest BCUT2D eigenvalue weighted by molar-refractivity contribution is 14.1. The van der Waals surface area contributed by atoms with Crippen LogP contribution in [0.3, 0.4) is 0 Å². The zero-order valence-corrected chi connectivity index (χ0v) is 12.8. The summed E-state index contributed by atoms with van der Waals surface area (Å²) < 4.78 is 1.19. The second-order valence-electron chi connectivity index (χ2n) is 4.50. The van der Waals surface area contributed by atoms with Crippen molar-refractivity contribution in [2.75, 3.05) is 0 Å². The van der Waals surface area contributed by atoms with E-state index >= 15 is 0 Å². The van der Waals surface area contributed by atoms with Gasteiger partial charge in [-0.25, -0.2) is 0 Å². The maximum absolute atomic E-state index is 11.3. The fourth-order valence-corrected chi connectivity index (χ4v) is 2.56. The zero-order valence-electron chi connectivity index (χ0n) is 10.6. The van der Waals surface area contributed by atoms with Gasteiger partial charge < -0.3 is 4.98 Å². The molecule has 3 rings (SSSR count). The summed E-state index contributed by atoms with van der Waals surface area (Å²) in [4.78, 5) is 14.5. The van der Waals surface area contributed by atoms with E-state index in [0.29, 0.717) is 5.69 Å². The summed E-state index contributed by atoms with van der Waals surface area (Å²) in [6.45, 7) is 0. The van der Waals surface area contributed by atoms with Crippen molar-refractivity contribution in [1.29, 1.82) is 0 Å². The number of aromatic nitrogens is 1. The molecule has 0 fully saturated rings. The van der Waals surface area contributed by atoms with Gasteiger partial charge in [-0.05, 0) is 51.9 Å². The highest BCUT2D eigenvalue weighted by atomic mass is 127. The average Bonchev–Trinajstić information content (AvgIpc) is 2.93. The molecule has 0 aliphatic carbocycles. The summed E-state index contributed by atoms with van der Waals surface area (Å²) >= 11 is 2.28. The number of hydrogen-bond donors (Lipinski definition) is 1. The van der Waals surface area contributed by atoms with Crippen molar-refractivity contribution in [2.24, 2.45) is 0 Å². The van der Waals surface area contributed by atoms with Gasteiger partial charge in [0.2, 0.25) is 0 Å². The molecule has 0 saturated heterocycles. The number of benzene rings is 2. The summed E-state index contributed by atoms with van der Waals surface area (Å²) in [6, 6.07) is 20.2. The SMILES string of the molecule is O=Cc1[nH]c(-c2ccc(I)cc2)cc1-c1ccccc1. The van der Waals surface area contributed by atoms with E-state index in [-0.39, 0.29) is 0 Å². The normalized spacial score (nSPS) is 10.4. The maximum Gasteiger partial charge on any atom is 0.166 e. The first-order valence-electron chi connectivity index (χ1n) is 6.27. The van der Waals surface area contributed by atoms with E-state index in [1.807, 2.05) is 36.4 Å². The molecule has 2 nitrogen and oxygen atoms in total. The Balaban J connectivity index is 2.09. The molecular formula is C17H12INO. The molecule has 3 aromatic rings. The molecule has 3 heteroatoms. The lowest BCUT2D eigenvalue weighted by Crippen LogP contribution is -1.84. The number of aldehydes is 1. The van der Waals surface area contributed by atoms with Gasteiger partial charge in [-0.1, -0.05) is 42.5 Å². The Bertz CT molecular complexity index is 729. The van der Waals surface area contributed by atoms with Crippen molar-refractivity contribution in [3.8, 4) is 22.4 Å². The first kappa shape index (κ1) is 13.1. The lowest BCUT2D eigenvalue weighted by Gasteiger charge is -1.98. The van der Waals surface area contributed by atoms with Gasteiger partial charge in [-0.2, -0.15) is 0 Å². The third-order valence-electron chi connectivity index (χ3n) is 3.21. The number of carbonyl (C=O) groups excluding carboxylic acids is 1. The summed E-state index contributed by atoms with van der Waals surface area (Å²) in [6.07, 6.45) is 0.874. The van der Waals surface area contributed by atoms with Crippen molar-refractivity contribution in [3.63, 3.8) is 0 Å². The molecule has 0 saturated carbocycles. The minimum Gasteiger partial charge on any atom is -0.352 e. The van der Waals surface area contributed by atoms with E-state index < -0.39 is 0 Å². The van der Waals surface area contributed by atoms with Crippen molar-refractivity contribution in [3.05, 3.63) is 69.9 Å². The van der Waals surface area contributed by atoms with Crippen LogP contribution in [-0.2, 0) is 0 Å². The fourth-order valence-electron chi connectivity index (χ4n) is 2.21. The fraction of sp³-hybridized carbons (Fsp3) is 0. The van der Waals surface area contributed by atoms with E-state index in [9.17, 15) is 4.79 Å². The molecule has 1 aromatic heterocycles. The lowest BCUT2D eigenvalue weighted by atomic mass is 10.1.